The number of benzene rings is 3. The molecule has 0 aliphatic carbocycles. The third-order valence-electron chi connectivity index (χ3n) is 3.86. The standard InChI is InChI=1S/C20H14BrN3O2S/c21-16-7-9-17(10-8-16)22-18(25)12-27-20-24-23-19(26-20)15-6-5-13-3-1-2-4-14(13)11-15/h1-11H,12H2,(H,22,25). The van der Waals surface area contributed by atoms with Gasteiger partial charge in [-0.3, -0.25) is 4.79 Å². The van der Waals surface area contributed by atoms with Crippen LogP contribution in [0.4, 0.5) is 5.69 Å². The van der Waals surface area contributed by atoms with Crippen molar-refractivity contribution in [2.75, 3.05) is 11.1 Å². The Morgan fingerprint density at radius 3 is 2.59 bits per heavy atom. The molecule has 0 bridgehead atoms. The van der Waals surface area contributed by atoms with Gasteiger partial charge in [-0.2, -0.15) is 0 Å². The van der Waals surface area contributed by atoms with Gasteiger partial charge in [0.15, 0.2) is 0 Å². The maximum absolute atomic E-state index is 12.1. The first kappa shape index (κ1) is 17.8. The summed E-state index contributed by atoms with van der Waals surface area (Å²) in [5, 5.41) is 13.6. The number of anilines is 1. The Balaban J connectivity index is 1.40. The van der Waals surface area contributed by atoms with Crippen molar-refractivity contribution in [2.24, 2.45) is 0 Å². The van der Waals surface area contributed by atoms with Gasteiger partial charge in [-0.1, -0.05) is 58.0 Å². The second-order valence-corrected chi connectivity index (χ2v) is 7.62. The third-order valence-corrected chi connectivity index (χ3v) is 5.20. The van der Waals surface area contributed by atoms with Crippen LogP contribution in [0.15, 0.2) is 80.8 Å². The zero-order valence-corrected chi connectivity index (χ0v) is 16.5. The van der Waals surface area contributed by atoms with E-state index in [1.807, 2.05) is 60.7 Å². The first-order valence-electron chi connectivity index (χ1n) is 8.18. The van der Waals surface area contributed by atoms with Crippen molar-refractivity contribution >= 4 is 50.1 Å². The van der Waals surface area contributed by atoms with Crippen molar-refractivity contribution in [1.29, 1.82) is 0 Å². The second-order valence-electron chi connectivity index (χ2n) is 5.78. The van der Waals surface area contributed by atoms with Crippen LogP contribution in [0.3, 0.4) is 0 Å². The number of hydrogen-bond acceptors (Lipinski definition) is 5. The van der Waals surface area contributed by atoms with Crippen molar-refractivity contribution in [3.63, 3.8) is 0 Å². The van der Waals surface area contributed by atoms with Crippen molar-refractivity contribution < 1.29 is 9.21 Å². The summed E-state index contributed by atoms with van der Waals surface area (Å²) in [6.45, 7) is 0. The van der Waals surface area contributed by atoms with Crippen molar-refractivity contribution in [3.8, 4) is 11.5 Å². The number of carbonyl (C=O) groups excluding carboxylic acids is 1. The molecule has 3 aromatic carbocycles. The summed E-state index contributed by atoms with van der Waals surface area (Å²) in [6.07, 6.45) is 0. The van der Waals surface area contributed by atoms with Crippen LogP contribution in [0.25, 0.3) is 22.2 Å². The highest BCUT2D eigenvalue weighted by Crippen LogP contribution is 2.26. The van der Waals surface area contributed by atoms with Gasteiger partial charge >= 0.3 is 0 Å². The zero-order chi connectivity index (χ0) is 18.6. The van der Waals surface area contributed by atoms with Gasteiger partial charge in [0, 0.05) is 15.7 Å². The SMILES string of the molecule is O=C(CSc1nnc(-c2ccc3ccccc3c2)o1)Nc1ccc(Br)cc1. The molecule has 4 aromatic rings. The lowest BCUT2D eigenvalue weighted by molar-refractivity contribution is -0.113. The summed E-state index contributed by atoms with van der Waals surface area (Å²) in [7, 11) is 0. The number of rotatable bonds is 5. The van der Waals surface area contributed by atoms with Crippen LogP contribution in [-0.2, 0) is 4.79 Å². The number of aromatic nitrogens is 2. The van der Waals surface area contributed by atoms with Gasteiger partial charge in [-0.25, -0.2) is 0 Å². The van der Waals surface area contributed by atoms with Crippen LogP contribution < -0.4 is 5.32 Å². The molecular weight excluding hydrogens is 426 g/mol. The smallest absolute Gasteiger partial charge is 0.277 e. The van der Waals surface area contributed by atoms with Crippen LogP contribution >= 0.6 is 27.7 Å². The van der Waals surface area contributed by atoms with E-state index in [9.17, 15) is 4.79 Å². The molecular formula is C20H14BrN3O2S. The maximum Gasteiger partial charge on any atom is 0.277 e. The Morgan fingerprint density at radius 2 is 1.78 bits per heavy atom. The molecule has 0 saturated heterocycles. The van der Waals surface area contributed by atoms with Gasteiger partial charge in [-0.05, 0) is 47.2 Å². The van der Waals surface area contributed by atoms with Crippen molar-refractivity contribution in [3.05, 3.63) is 71.2 Å². The van der Waals surface area contributed by atoms with Crippen molar-refractivity contribution in [1.82, 2.24) is 10.2 Å². The molecule has 7 heteroatoms. The van der Waals surface area contributed by atoms with E-state index in [4.69, 9.17) is 4.42 Å². The van der Waals surface area contributed by atoms with Gasteiger partial charge in [-0.15, -0.1) is 10.2 Å². The number of carbonyl (C=O) groups is 1. The largest absolute Gasteiger partial charge is 0.411 e. The molecule has 1 aromatic heterocycles. The Bertz CT molecular complexity index is 1100. The Morgan fingerprint density at radius 1 is 1.00 bits per heavy atom. The number of hydrogen-bond donors (Lipinski definition) is 1. The lowest BCUT2D eigenvalue weighted by Crippen LogP contribution is -2.13. The summed E-state index contributed by atoms with van der Waals surface area (Å²) in [5.41, 5.74) is 1.60. The first-order valence-corrected chi connectivity index (χ1v) is 9.96. The average molecular weight is 440 g/mol. The summed E-state index contributed by atoms with van der Waals surface area (Å²) in [5.74, 6) is 0.499. The molecule has 134 valence electrons. The normalized spacial score (nSPS) is 10.9. The molecule has 0 radical (unpaired) electrons. The summed E-state index contributed by atoms with van der Waals surface area (Å²) < 4.78 is 6.65. The fraction of sp³-hybridized carbons (Fsp3) is 0.0500. The van der Waals surface area contributed by atoms with Gasteiger partial charge in [0.05, 0.1) is 5.75 Å². The molecule has 0 spiro atoms. The Kier molecular flexibility index (Phi) is 5.22. The number of halogens is 1. The van der Waals surface area contributed by atoms with E-state index in [1.165, 1.54) is 11.8 Å². The van der Waals surface area contributed by atoms with E-state index in [2.05, 4.69) is 37.5 Å². The number of fused-ring (bicyclic) bond motifs is 1. The molecule has 27 heavy (non-hydrogen) atoms. The average Bonchev–Trinajstić information content (AvgIpc) is 3.17. The fourth-order valence-electron chi connectivity index (χ4n) is 2.56. The fourth-order valence-corrected chi connectivity index (χ4v) is 3.39. The minimum absolute atomic E-state index is 0.132. The first-order chi connectivity index (χ1) is 13.2. The highest BCUT2D eigenvalue weighted by atomic mass is 79.9. The molecule has 0 unspecified atom stereocenters. The van der Waals surface area contributed by atoms with Gasteiger partial charge in [0.25, 0.3) is 5.22 Å². The van der Waals surface area contributed by atoms with E-state index in [0.29, 0.717) is 11.1 Å². The topological polar surface area (TPSA) is 68.0 Å². The number of nitrogens with zero attached hydrogens (tertiary/aromatic N) is 2. The monoisotopic (exact) mass is 439 g/mol. The molecule has 0 aliphatic heterocycles. The number of amides is 1. The lowest BCUT2D eigenvalue weighted by Gasteiger charge is -2.03. The van der Waals surface area contributed by atoms with Crippen LogP contribution in [0.5, 0.6) is 0 Å². The Hall–Kier alpha value is -2.64. The second kappa shape index (κ2) is 7.94. The maximum atomic E-state index is 12.1. The lowest BCUT2D eigenvalue weighted by atomic mass is 10.1. The summed E-state index contributed by atoms with van der Waals surface area (Å²) >= 11 is 4.57. The van der Waals surface area contributed by atoms with Crippen LogP contribution in [-0.4, -0.2) is 21.9 Å². The van der Waals surface area contributed by atoms with Crippen LogP contribution in [0.2, 0.25) is 0 Å². The highest BCUT2D eigenvalue weighted by molar-refractivity contribution is 9.10. The minimum Gasteiger partial charge on any atom is -0.411 e. The molecule has 0 saturated carbocycles. The third kappa shape index (κ3) is 4.37. The molecule has 4 rings (SSSR count). The summed E-state index contributed by atoms with van der Waals surface area (Å²) in [4.78, 5) is 12.1. The molecule has 1 heterocycles. The molecule has 5 nitrogen and oxygen atoms in total. The van der Waals surface area contributed by atoms with E-state index in [1.54, 1.807) is 0 Å². The Labute approximate surface area is 168 Å². The van der Waals surface area contributed by atoms with E-state index in [-0.39, 0.29) is 11.7 Å². The van der Waals surface area contributed by atoms with Crippen LogP contribution in [0.1, 0.15) is 0 Å². The van der Waals surface area contributed by atoms with E-state index < -0.39 is 0 Å². The van der Waals surface area contributed by atoms with Gasteiger partial charge in [0.1, 0.15) is 0 Å². The van der Waals surface area contributed by atoms with E-state index >= 15 is 0 Å². The quantitative estimate of drug-likeness (QED) is 0.422. The van der Waals surface area contributed by atoms with Gasteiger partial charge in [0.2, 0.25) is 11.8 Å². The number of nitrogens with one attached hydrogen (secondary N) is 1. The van der Waals surface area contributed by atoms with E-state index in [0.717, 1.165) is 26.5 Å². The van der Waals surface area contributed by atoms with Crippen LogP contribution in [0, 0.1) is 0 Å². The zero-order valence-electron chi connectivity index (χ0n) is 14.1. The predicted octanol–water partition coefficient (Wildman–Crippen LogP) is 5.38. The summed E-state index contributed by atoms with van der Waals surface area (Å²) in [6, 6.07) is 21.5. The highest BCUT2D eigenvalue weighted by Gasteiger charge is 2.12. The molecule has 0 fully saturated rings. The molecule has 0 aliphatic rings. The molecule has 0 atom stereocenters. The van der Waals surface area contributed by atoms with Crippen molar-refractivity contribution in [2.45, 2.75) is 5.22 Å². The number of thioether (sulfide) groups is 1. The predicted molar refractivity (Wildman–Crippen MR) is 111 cm³/mol. The minimum atomic E-state index is -0.132. The van der Waals surface area contributed by atoms with Gasteiger partial charge < -0.3 is 9.73 Å². The molecule has 1 amide bonds. The molecule has 1 N–H and O–H groups in total.